The predicted octanol–water partition coefficient (Wildman–Crippen LogP) is 0.300. The standard InChI is InChI=1S/C9H20N2O/c1-7(2)9(6-12-3)11-4-8(10)5-11/h7-9H,4-6,10H2,1-3H3. The second kappa shape index (κ2) is 4.21. The zero-order valence-corrected chi connectivity index (χ0v) is 8.29. The Labute approximate surface area is 74.9 Å². The van der Waals surface area contributed by atoms with Crippen LogP contribution in [0.4, 0.5) is 0 Å². The maximum Gasteiger partial charge on any atom is 0.0620 e. The average molecular weight is 172 g/mol. The molecule has 1 aliphatic heterocycles. The van der Waals surface area contributed by atoms with Gasteiger partial charge in [0, 0.05) is 32.3 Å². The fourth-order valence-electron chi connectivity index (χ4n) is 1.71. The van der Waals surface area contributed by atoms with Crippen LogP contribution in [0.5, 0.6) is 0 Å². The first-order valence-electron chi connectivity index (χ1n) is 4.63. The first-order valence-corrected chi connectivity index (χ1v) is 4.63. The lowest BCUT2D eigenvalue weighted by molar-refractivity contribution is 0.0162. The van der Waals surface area contributed by atoms with Crippen LogP contribution in [0.15, 0.2) is 0 Å². The molecule has 0 amide bonds. The molecule has 1 aliphatic rings. The highest BCUT2D eigenvalue weighted by Gasteiger charge is 2.31. The minimum Gasteiger partial charge on any atom is -0.383 e. The topological polar surface area (TPSA) is 38.5 Å². The van der Waals surface area contributed by atoms with E-state index in [9.17, 15) is 0 Å². The van der Waals surface area contributed by atoms with E-state index in [4.69, 9.17) is 10.5 Å². The highest BCUT2D eigenvalue weighted by molar-refractivity contribution is 4.88. The van der Waals surface area contributed by atoms with Gasteiger partial charge in [0.2, 0.25) is 0 Å². The average Bonchev–Trinajstić information content (AvgIpc) is 1.94. The minimum absolute atomic E-state index is 0.392. The summed E-state index contributed by atoms with van der Waals surface area (Å²) in [5, 5.41) is 0. The lowest BCUT2D eigenvalue weighted by atomic mass is 9.98. The molecular weight excluding hydrogens is 152 g/mol. The molecule has 0 aromatic carbocycles. The highest BCUT2D eigenvalue weighted by atomic mass is 16.5. The van der Waals surface area contributed by atoms with Crippen LogP contribution in [0.3, 0.4) is 0 Å². The van der Waals surface area contributed by atoms with Crippen LogP contribution in [0.2, 0.25) is 0 Å². The third-order valence-corrected chi connectivity index (χ3v) is 2.51. The fourth-order valence-corrected chi connectivity index (χ4v) is 1.71. The Kier molecular flexibility index (Phi) is 3.50. The van der Waals surface area contributed by atoms with Crippen LogP contribution in [0.1, 0.15) is 13.8 Å². The number of methoxy groups -OCH3 is 1. The van der Waals surface area contributed by atoms with Crippen molar-refractivity contribution in [3.05, 3.63) is 0 Å². The molecule has 1 fully saturated rings. The van der Waals surface area contributed by atoms with Crippen LogP contribution in [-0.2, 0) is 4.74 Å². The third kappa shape index (κ3) is 2.19. The van der Waals surface area contributed by atoms with E-state index in [1.165, 1.54) is 0 Å². The summed E-state index contributed by atoms with van der Waals surface area (Å²) in [7, 11) is 1.76. The molecule has 0 bridgehead atoms. The second-order valence-electron chi connectivity index (χ2n) is 3.98. The van der Waals surface area contributed by atoms with Gasteiger partial charge in [0.05, 0.1) is 6.61 Å². The molecule has 3 heteroatoms. The maximum absolute atomic E-state index is 5.72. The van der Waals surface area contributed by atoms with Gasteiger partial charge in [-0.1, -0.05) is 13.8 Å². The number of nitrogens with two attached hydrogens (primary N) is 1. The maximum atomic E-state index is 5.72. The van der Waals surface area contributed by atoms with Crippen molar-refractivity contribution in [2.45, 2.75) is 25.9 Å². The van der Waals surface area contributed by atoms with Gasteiger partial charge in [-0.2, -0.15) is 0 Å². The zero-order chi connectivity index (χ0) is 9.14. The summed E-state index contributed by atoms with van der Waals surface area (Å²) < 4.78 is 5.17. The van der Waals surface area contributed by atoms with Crippen LogP contribution < -0.4 is 5.73 Å². The summed E-state index contributed by atoms with van der Waals surface area (Å²) in [4.78, 5) is 2.40. The lowest BCUT2D eigenvalue weighted by Gasteiger charge is -2.44. The van der Waals surface area contributed by atoms with Crippen molar-refractivity contribution in [3.63, 3.8) is 0 Å². The van der Waals surface area contributed by atoms with E-state index in [0.29, 0.717) is 18.0 Å². The molecule has 1 heterocycles. The van der Waals surface area contributed by atoms with Gasteiger partial charge in [0.25, 0.3) is 0 Å². The third-order valence-electron chi connectivity index (χ3n) is 2.51. The van der Waals surface area contributed by atoms with E-state index in [1.54, 1.807) is 7.11 Å². The van der Waals surface area contributed by atoms with Crippen molar-refractivity contribution in [2.24, 2.45) is 11.7 Å². The van der Waals surface area contributed by atoms with E-state index in [1.807, 2.05) is 0 Å². The molecule has 1 saturated heterocycles. The summed E-state index contributed by atoms with van der Waals surface area (Å²) in [6, 6.07) is 0.943. The first kappa shape index (κ1) is 9.96. The Bertz CT molecular complexity index is 132. The number of hydrogen-bond acceptors (Lipinski definition) is 3. The highest BCUT2D eigenvalue weighted by Crippen LogP contribution is 2.17. The number of hydrogen-bond donors (Lipinski definition) is 1. The van der Waals surface area contributed by atoms with Crippen LogP contribution in [0, 0.1) is 5.92 Å². The normalized spacial score (nSPS) is 22.8. The predicted molar refractivity (Wildman–Crippen MR) is 50.1 cm³/mol. The van der Waals surface area contributed by atoms with E-state index in [-0.39, 0.29) is 0 Å². The summed E-state index contributed by atoms with van der Waals surface area (Å²) >= 11 is 0. The molecule has 1 rings (SSSR count). The molecule has 1 atom stereocenters. The fraction of sp³-hybridized carbons (Fsp3) is 1.00. The largest absolute Gasteiger partial charge is 0.383 e. The van der Waals surface area contributed by atoms with Crippen molar-refractivity contribution in [3.8, 4) is 0 Å². The summed E-state index contributed by atoms with van der Waals surface area (Å²) in [5.41, 5.74) is 5.72. The number of likely N-dealkylation sites (tertiary alicyclic amines) is 1. The van der Waals surface area contributed by atoms with Crippen molar-refractivity contribution in [2.75, 3.05) is 26.8 Å². The van der Waals surface area contributed by atoms with Crippen molar-refractivity contribution in [1.82, 2.24) is 4.90 Å². The quantitative estimate of drug-likeness (QED) is 0.663. The van der Waals surface area contributed by atoms with E-state index in [0.717, 1.165) is 19.7 Å². The van der Waals surface area contributed by atoms with Gasteiger partial charge in [-0.05, 0) is 5.92 Å². The summed E-state index contributed by atoms with van der Waals surface area (Å²) in [6.07, 6.45) is 0. The molecule has 12 heavy (non-hydrogen) atoms. The van der Waals surface area contributed by atoms with Crippen LogP contribution >= 0.6 is 0 Å². The van der Waals surface area contributed by atoms with Crippen molar-refractivity contribution < 1.29 is 4.74 Å². The van der Waals surface area contributed by atoms with Crippen LogP contribution in [-0.4, -0.2) is 43.8 Å². The van der Waals surface area contributed by atoms with Crippen molar-refractivity contribution in [1.29, 1.82) is 0 Å². The molecule has 0 aromatic heterocycles. The molecule has 3 nitrogen and oxygen atoms in total. The number of nitrogens with zero attached hydrogens (tertiary/aromatic N) is 1. The lowest BCUT2D eigenvalue weighted by Crippen LogP contribution is -2.61. The van der Waals surface area contributed by atoms with Gasteiger partial charge >= 0.3 is 0 Å². The minimum atomic E-state index is 0.392. The van der Waals surface area contributed by atoms with Gasteiger partial charge in [-0.3, -0.25) is 4.90 Å². The number of ether oxygens (including phenoxy) is 1. The Morgan fingerprint density at radius 3 is 2.42 bits per heavy atom. The molecule has 0 aliphatic carbocycles. The SMILES string of the molecule is COCC(C(C)C)N1CC(N)C1. The molecule has 2 N–H and O–H groups in total. The number of rotatable bonds is 4. The summed E-state index contributed by atoms with van der Waals surface area (Å²) in [6.45, 7) is 7.35. The van der Waals surface area contributed by atoms with Crippen molar-refractivity contribution >= 4 is 0 Å². The molecule has 72 valence electrons. The Hall–Kier alpha value is -0.120. The van der Waals surface area contributed by atoms with E-state index < -0.39 is 0 Å². The van der Waals surface area contributed by atoms with Crippen LogP contribution in [0.25, 0.3) is 0 Å². The van der Waals surface area contributed by atoms with E-state index in [2.05, 4.69) is 18.7 Å². The molecule has 0 aromatic rings. The summed E-state index contributed by atoms with van der Waals surface area (Å²) in [5.74, 6) is 0.650. The zero-order valence-electron chi connectivity index (χ0n) is 8.29. The molecule has 0 spiro atoms. The Morgan fingerprint density at radius 2 is 2.08 bits per heavy atom. The smallest absolute Gasteiger partial charge is 0.0620 e. The van der Waals surface area contributed by atoms with Gasteiger partial charge in [-0.15, -0.1) is 0 Å². The molecular formula is C9H20N2O. The molecule has 1 unspecified atom stereocenters. The molecule has 0 radical (unpaired) electrons. The Balaban J connectivity index is 2.33. The van der Waals surface area contributed by atoms with Gasteiger partial charge in [-0.25, -0.2) is 0 Å². The Morgan fingerprint density at radius 1 is 1.50 bits per heavy atom. The van der Waals surface area contributed by atoms with Gasteiger partial charge < -0.3 is 10.5 Å². The molecule has 0 saturated carbocycles. The van der Waals surface area contributed by atoms with Gasteiger partial charge in [0.1, 0.15) is 0 Å². The van der Waals surface area contributed by atoms with Gasteiger partial charge in [0.15, 0.2) is 0 Å². The monoisotopic (exact) mass is 172 g/mol. The first-order chi connectivity index (χ1) is 5.65. The van der Waals surface area contributed by atoms with E-state index >= 15 is 0 Å². The second-order valence-corrected chi connectivity index (χ2v) is 3.98.